The van der Waals surface area contributed by atoms with Gasteiger partial charge in [-0.1, -0.05) is 47.7 Å². The zero-order valence-electron chi connectivity index (χ0n) is 14.1. The van der Waals surface area contributed by atoms with Crippen LogP contribution in [0.5, 0.6) is 0 Å². The lowest BCUT2D eigenvalue weighted by atomic mass is 10.1. The number of nitrogens with one attached hydrogen (secondary N) is 1. The molecule has 1 heterocycles. The number of thioether (sulfide) groups is 1. The van der Waals surface area contributed by atoms with Gasteiger partial charge in [0.1, 0.15) is 0 Å². The zero-order chi connectivity index (χ0) is 17.8. The van der Waals surface area contributed by atoms with Crippen LogP contribution in [0.1, 0.15) is 11.1 Å². The number of aryl methyl sites for hydroxylation is 2. The average Bonchev–Trinajstić information content (AvgIpc) is 2.97. The Morgan fingerprint density at radius 1 is 1.16 bits per heavy atom. The van der Waals surface area contributed by atoms with E-state index in [1.165, 1.54) is 11.8 Å². The maximum atomic E-state index is 12.3. The molecule has 0 saturated carbocycles. The monoisotopic (exact) mass is 353 g/mol. The van der Waals surface area contributed by atoms with Gasteiger partial charge >= 0.3 is 0 Å². The average molecular weight is 353 g/mol. The number of anilines is 2. The van der Waals surface area contributed by atoms with Crippen LogP contribution < -0.4 is 11.1 Å². The van der Waals surface area contributed by atoms with Gasteiger partial charge in [0.25, 0.3) is 0 Å². The van der Waals surface area contributed by atoms with Crippen LogP contribution in [-0.2, 0) is 4.79 Å². The number of nitrogens with zero attached hydrogens (tertiary/aromatic N) is 3. The van der Waals surface area contributed by atoms with Crippen LogP contribution in [0.2, 0.25) is 0 Å². The number of amides is 1. The molecule has 3 N–H and O–H groups in total. The molecule has 1 aromatic heterocycles. The molecule has 25 heavy (non-hydrogen) atoms. The highest BCUT2D eigenvalue weighted by molar-refractivity contribution is 7.99. The van der Waals surface area contributed by atoms with Crippen molar-refractivity contribution in [2.75, 3.05) is 16.8 Å². The van der Waals surface area contributed by atoms with Crippen molar-refractivity contribution in [2.24, 2.45) is 0 Å². The van der Waals surface area contributed by atoms with Crippen molar-refractivity contribution >= 4 is 29.3 Å². The zero-order valence-corrected chi connectivity index (χ0v) is 14.9. The summed E-state index contributed by atoms with van der Waals surface area (Å²) in [5.74, 6) is 0.416. The lowest BCUT2D eigenvalue weighted by Crippen LogP contribution is -2.15. The molecule has 0 spiro atoms. The summed E-state index contributed by atoms with van der Waals surface area (Å²) in [5.41, 5.74) is 9.80. The van der Waals surface area contributed by atoms with Crippen molar-refractivity contribution in [3.63, 3.8) is 0 Å². The highest BCUT2D eigenvalue weighted by atomic mass is 32.2. The first-order chi connectivity index (χ1) is 12.0. The van der Waals surface area contributed by atoms with Gasteiger partial charge in [-0.2, -0.15) is 0 Å². The number of carbonyl (C=O) groups excluding carboxylic acids is 1. The summed E-state index contributed by atoms with van der Waals surface area (Å²) in [6.07, 6.45) is 0. The van der Waals surface area contributed by atoms with E-state index < -0.39 is 0 Å². The number of para-hydroxylation sites is 1. The number of rotatable bonds is 5. The Hall–Kier alpha value is -2.80. The Balaban J connectivity index is 1.69. The van der Waals surface area contributed by atoms with Crippen molar-refractivity contribution in [2.45, 2.75) is 19.0 Å². The number of hydrogen-bond donors (Lipinski definition) is 2. The molecule has 7 heteroatoms. The highest BCUT2D eigenvalue weighted by Crippen LogP contribution is 2.23. The van der Waals surface area contributed by atoms with E-state index in [2.05, 4.69) is 15.5 Å². The first-order valence-electron chi connectivity index (χ1n) is 7.81. The number of nitrogen functional groups attached to an aromatic ring is 1. The molecule has 0 aliphatic heterocycles. The summed E-state index contributed by atoms with van der Waals surface area (Å²) in [5, 5.41) is 11.5. The Bertz CT molecular complexity index is 892. The van der Waals surface area contributed by atoms with Crippen molar-refractivity contribution in [3.8, 4) is 5.69 Å². The maximum Gasteiger partial charge on any atom is 0.234 e. The summed E-state index contributed by atoms with van der Waals surface area (Å²) >= 11 is 1.30. The van der Waals surface area contributed by atoms with Gasteiger partial charge in [0.2, 0.25) is 11.9 Å². The van der Waals surface area contributed by atoms with Crippen LogP contribution in [0.3, 0.4) is 0 Å². The number of benzene rings is 2. The molecular formula is C18H19N5OS. The number of carbonyl (C=O) groups is 1. The summed E-state index contributed by atoms with van der Waals surface area (Å²) < 4.78 is 1.73. The standard InChI is InChI=1S/C18H19N5OS/c1-12-8-9-15(13(2)10-12)20-16(24)11-25-18-22-21-17(19)23(18)14-6-4-3-5-7-14/h3-10H,11H2,1-2H3,(H2,19,21)(H,20,24). The molecule has 3 aromatic rings. The predicted molar refractivity (Wildman–Crippen MR) is 101 cm³/mol. The van der Waals surface area contributed by atoms with Crippen molar-refractivity contribution < 1.29 is 4.79 Å². The smallest absolute Gasteiger partial charge is 0.234 e. The second-order valence-corrected chi connectivity index (χ2v) is 6.61. The number of hydrogen-bond acceptors (Lipinski definition) is 5. The first kappa shape index (κ1) is 17.0. The summed E-state index contributed by atoms with van der Waals surface area (Å²) in [7, 11) is 0. The van der Waals surface area contributed by atoms with Crippen LogP contribution in [-0.4, -0.2) is 26.4 Å². The molecular weight excluding hydrogens is 334 g/mol. The molecule has 0 saturated heterocycles. The molecule has 0 aliphatic carbocycles. The summed E-state index contributed by atoms with van der Waals surface area (Å²) in [4.78, 5) is 12.3. The Morgan fingerprint density at radius 3 is 2.64 bits per heavy atom. The van der Waals surface area contributed by atoms with Gasteiger partial charge in [-0.15, -0.1) is 10.2 Å². The highest BCUT2D eigenvalue weighted by Gasteiger charge is 2.14. The van der Waals surface area contributed by atoms with E-state index in [-0.39, 0.29) is 11.7 Å². The number of nitrogens with two attached hydrogens (primary N) is 1. The third kappa shape index (κ3) is 4.00. The van der Waals surface area contributed by atoms with E-state index in [9.17, 15) is 4.79 Å². The van der Waals surface area contributed by atoms with Crippen LogP contribution in [0.15, 0.2) is 53.7 Å². The van der Waals surface area contributed by atoms with Gasteiger partial charge in [-0.05, 0) is 37.6 Å². The molecule has 6 nitrogen and oxygen atoms in total. The minimum atomic E-state index is -0.0989. The van der Waals surface area contributed by atoms with Crippen LogP contribution in [0.4, 0.5) is 11.6 Å². The lowest BCUT2D eigenvalue weighted by Gasteiger charge is -2.10. The molecule has 0 atom stereocenters. The third-order valence-corrected chi connectivity index (χ3v) is 4.59. The fourth-order valence-electron chi connectivity index (χ4n) is 2.46. The molecule has 128 valence electrons. The molecule has 0 radical (unpaired) electrons. The van der Waals surface area contributed by atoms with Gasteiger partial charge in [0.15, 0.2) is 5.16 Å². The van der Waals surface area contributed by atoms with E-state index in [0.29, 0.717) is 11.1 Å². The van der Waals surface area contributed by atoms with Gasteiger partial charge in [0, 0.05) is 5.69 Å². The minimum absolute atomic E-state index is 0.0989. The minimum Gasteiger partial charge on any atom is -0.368 e. The summed E-state index contributed by atoms with van der Waals surface area (Å²) in [6.45, 7) is 4.00. The third-order valence-electron chi connectivity index (χ3n) is 3.66. The largest absolute Gasteiger partial charge is 0.368 e. The van der Waals surface area contributed by atoms with E-state index in [4.69, 9.17) is 5.73 Å². The number of aromatic nitrogens is 3. The normalized spacial score (nSPS) is 10.6. The molecule has 0 aliphatic rings. The van der Waals surface area contributed by atoms with Gasteiger partial charge in [-0.3, -0.25) is 9.36 Å². The fourth-order valence-corrected chi connectivity index (χ4v) is 3.22. The van der Waals surface area contributed by atoms with Crippen molar-refractivity contribution in [1.82, 2.24) is 14.8 Å². The van der Waals surface area contributed by atoms with E-state index in [0.717, 1.165) is 22.5 Å². The predicted octanol–water partition coefficient (Wildman–Crippen LogP) is 3.20. The Labute approximate surface area is 150 Å². The molecule has 1 amide bonds. The van der Waals surface area contributed by atoms with E-state index in [1.807, 2.05) is 62.4 Å². The Morgan fingerprint density at radius 2 is 1.92 bits per heavy atom. The molecule has 0 unspecified atom stereocenters. The van der Waals surface area contributed by atoms with E-state index in [1.54, 1.807) is 4.57 Å². The SMILES string of the molecule is Cc1ccc(NC(=O)CSc2nnc(N)n2-c2ccccc2)c(C)c1. The van der Waals surface area contributed by atoms with Crippen molar-refractivity contribution in [1.29, 1.82) is 0 Å². The van der Waals surface area contributed by atoms with Crippen LogP contribution in [0.25, 0.3) is 5.69 Å². The van der Waals surface area contributed by atoms with Crippen LogP contribution in [0, 0.1) is 13.8 Å². The second-order valence-electron chi connectivity index (χ2n) is 5.67. The van der Waals surface area contributed by atoms with Gasteiger partial charge < -0.3 is 11.1 Å². The fraction of sp³-hybridized carbons (Fsp3) is 0.167. The summed E-state index contributed by atoms with van der Waals surface area (Å²) in [6, 6.07) is 15.5. The van der Waals surface area contributed by atoms with E-state index >= 15 is 0 Å². The topological polar surface area (TPSA) is 85.8 Å². The van der Waals surface area contributed by atoms with Gasteiger partial charge in [-0.25, -0.2) is 0 Å². The quantitative estimate of drug-likeness (QED) is 0.688. The maximum absolute atomic E-state index is 12.3. The molecule has 2 aromatic carbocycles. The lowest BCUT2D eigenvalue weighted by molar-refractivity contribution is -0.113. The van der Waals surface area contributed by atoms with Gasteiger partial charge in [0.05, 0.1) is 11.4 Å². The second kappa shape index (κ2) is 7.40. The molecule has 0 bridgehead atoms. The first-order valence-corrected chi connectivity index (χ1v) is 8.79. The van der Waals surface area contributed by atoms with Crippen molar-refractivity contribution in [3.05, 3.63) is 59.7 Å². The molecule has 3 rings (SSSR count). The van der Waals surface area contributed by atoms with Crippen LogP contribution >= 0.6 is 11.8 Å². The molecule has 0 fully saturated rings. The Kier molecular flexibility index (Phi) is 5.04.